The molecular formula is C16H21N3OS. The second kappa shape index (κ2) is 5.30. The summed E-state index contributed by atoms with van der Waals surface area (Å²) in [6.45, 7) is 4.13. The number of fused-ring (bicyclic) bond motifs is 2. The van der Waals surface area contributed by atoms with Crippen molar-refractivity contribution in [3.63, 3.8) is 0 Å². The number of nitrogens with two attached hydrogens (primary N) is 1. The fraction of sp³-hybridized carbons (Fsp3) is 0.500. The van der Waals surface area contributed by atoms with E-state index in [1.165, 1.54) is 29.0 Å². The highest BCUT2D eigenvalue weighted by molar-refractivity contribution is 7.21. The van der Waals surface area contributed by atoms with Crippen molar-refractivity contribution in [2.24, 2.45) is 0 Å². The van der Waals surface area contributed by atoms with Crippen molar-refractivity contribution in [2.75, 3.05) is 12.8 Å². The third kappa shape index (κ3) is 2.29. The molecule has 2 heterocycles. The van der Waals surface area contributed by atoms with Crippen LogP contribution < -0.4 is 5.73 Å². The van der Waals surface area contributed by atoms with E-state index in [1.807, 2.05) is 14.0 Å². The summed E-state index contributed by atoms with van der Waals surface area (Å²) < 4.78 is 0. The molecule has 1 atom stereocenters. The van der Waals surface area contributed by atoms with Crippen LogP contribution >= 0.6 is 11.3 Å². The normalized spacial score (nSPS) is 15.2. The maximum absolute atomic E-state index is 12.6. The number of hydrogen-bond donors (Lipinski definition) is 1. The molecule has 1 amide bonds. The molecule has 21 heavy (non-hydrogen) atoms. The van der Waals surface area contributed by atoms with Crippen LogP contribution in [0, 0.1) is 0 Å². The van der Waals surface area contributed by atoms with Crippen LogP contribution in [0.4, 0.5) is 5.69 Å². The van der Waals surface area contributed by atoms with Crippen LogP contribution in [0.25, 0.3) is 10.2 Å². The monoisotopic (exact) mass is 303 g/mol. The summed E-state index contributed by atoms with van der Waals surface area (Å²) in [5.41, 5.74) is 9.30. The second-order valence-corrected chi connectivity index (χ2v) is 6.82. The number of carbonyl (C=O) groups excluding carboxylic acids is 1. The first kappa shape index (κ1) is 14.3. The number of hydrogen-bond acceptors (Lipinski definition) is 4. The van der Waals surface area contributed by atoms with Gasteiger partial charge in [0.15, 0.2) is 0 Å². The van der Waals surface area contributed by atoms with Crippen LogP contribution in [0.2, 0.25) is 0 Å². The first-order valence-corrected chi connectivity index (χ1v) is 8.32. The van der Waals surface area contributed by atoms with Crippen molar-refractivity contribution >= 4 is 33.1 Å². The predicted octanol–water partition coefficient (Wildman–Crippen LogP) is 3.24. The molecule has 0 spiro atoms. The highest BCUT2D eigenvalue weighted by Gasteiger charge is 2.24. The molecule has 0 aromatic carbocycles. The first-order valence-electron chi connectivity index (χ1n) is 7.50. The molecule has 1 aliphatic carbocycles. The number of aryl methyl sites for hydroxylation is 2. The van der Waals surface area contributed by atoms with Crippen molar-refractivity contribution in [1.82, 2.24) is 9.88 Å². The van der Waals surface area contributed by atoms with Gasteiger partial charge in [-0.15, -0.1) is 11.3 Å². The summed E-state index contributed by atoms with van der Waals surface area (Å²) >= 11 is 1.43. The Balaban J connectivity index is 2.04. The van der Waals surface area contributed by atoms with Gasteiger partial charge in [0.25, 0.3) is 5.91 Å². The fourth-order valence-corrected chi connectivity index (χ4v) is 3.87. The van der Waals surface area contributed by atoms with E-state index >= 15 is 0 Å². The zero-order chi connectivity index (χ0) is 15.1. The van der Waals surface area contributed by atoms with E-state index in [9.17, 15) is 4.79 Å². The minimum absolute atomic E-state index is 0.00464. The molecule has 1 unspecified atom stereocenters. The van der Waals surface area contributed by atoms with Crippen LogP contribution in [0.5, 0.6) is 0 Å². The van der Waals surface area contributed by atoms with Crippen molar-refractivity contribution < 1.29 is 4.79 Å². The molecule has 0 fully saturated rings. The predicted molar refractivity (Wildman–Crippen MR) is 87.9 cm³/mol. The standard InChI is InChI=1S/C16H21N3OS/c1-4-9(2)19(3)16(20)14-13(17)11-8-10-6-5-7-12(10)18-15(11)21-14/h8-9H,4-7,17H2,1-3H3. The minimum atomic E-state index is 0.00464. The number of anilines is 1. The maximum Gasteiger partial charge on any atom is 0.266 e. The van der Waals surface area contributed by atoms with Gasteiger partial charge in [-0.05, 0) is 44.2 Å². The summed E-state index contributed by atoms with van der Waals surface area (Å²) in [6, 6.07) is 2.34. The zero-order valence-corrected chi connectivity index (χ0v) is 13.6. The molecule has 2 aromatic heterocycles. The molecule has 0 bridgehead atoms. The Labute approximate surface area is 129 Å². The lowest BCUT2D eigenvalue weighted by molar-refractivity contribution is 0.0746. The van der Waals surface area contributed by atoms with Crippen LogP contribution in [0.1, 0.15) is 47.6 Å². The van der Waals surface area contributed by atoms with Gasteiger partial charge in [-0.1, -0.05) is 6.92 Å². The topological polar surface area (TPSA) is 59.2 Å². The molecule has 0 saturated carbocycles. The average Bonchev–Trinajstić information content (AvgIpc) is 3.07. The lowest BCUT2D eigenvalue weighted by atomic mass is 10.1. The van der Waals surface area contributed by atoms with Crippen molar-refractivity contribution in [3.05, 3.63) is 22.2 Å². The summed E-state index contributed by atoms with van der Waals surface area (Å²) in [4.78, 5) is 20.6. The van der Waals surface area contributed by atoms with Gasteiger partial charge < -0.3 is 10.6 Å². The molecule has 1 aliphatic rings. The summed E-state index contributed by atoms with van der Waals surface area (Å²) in [5, 5.41) is 0.946. The third-order valence-electron chi connectivity index (χ3n) is 4.52. The summed E-state index contributed by atoms with van der Waals surface area (Å²) in [7, 11) is 1.84. The Hall–Kier alpha value is -1.62. The third-order valence-corrected chi connectivity index (χ3v) is 5.62. The van der Waals surface area contributed by atoms with Crippen LogP contribution in [-0.2, 0) is 12.8 Å². The van der Waals surface area contributed by atoms with Gasteiger partial charge in [0.2, 0.25) is 0 Å². The molecule has 5 heteroatoms. The van der Waals surface area contributed by atoms with E-state index in [0.717, 1.165) is 29.5 Å². The van der Waals surface area contributed by atoms with E-state index < -0.39 is 0 Å². The lowest BCUT2D eigenvalue weighted by Gasteiger charge is -2.23. The highest BCUT2D eigenvalue weighted by Crippen LogP contribution is 2.36. The van der Waals surface area contributed by atoms with Crippen molar-refractivity contribution in [3.8, 4) is 0 Å². The Bertz CT molecular complexity index is 707. The van der Waals surface area contributed by atoms with Crippen LogP contribution in [-0.4, -0.2) is 28.9 Å². The smallest absolute Gasteiger partial charge is 0.266 e. The molecule has 2 aromatic rings. The molecule has 3 rings (SSSR count). The Morgan fingerprint density at radius 2 is 2.29 bits per heavy atom. The van der Waals surface area contributed by atoms with Gasteiger partial charge in [0.05, 0.1) is 5.69 Å². The van der Waals surface area contributed by atoms with Gasteiger partial charge in [-0.3, -0.25) is 4.79 Å². The number of rotatable bonds is 3. The number of carbonyl (C=O) groups is 1. The van der Waals surface area contributed by atoms with Gasteiger partial charge in [-0.25, -0.2) is 4.98 Å². The van der Waals surface area contributed by atoms with Gasteiger partial charge >= 0.3 is 0 Å². The molecule has 2 N–H and O–H groups in total. The second-order valence-electron chi connectivity index (χ2n) is 5.82. The summed E-state index contributed by atoms with van der Waals surface area (Å²) in [6.07, 6.45) is 4.21. The van der Waals surface area contributed by atoms with E-state index in [0.29, 0.717) is 10.6 Å². The van der Waals surface area contributed by atoms with Gasteiger partial charge in [-0.2, -0.15) is 0 Å². The zero-order valence-electron chi connectivity index (χ0n) is 12.8. The first-order chi connectivity index (χ1) is 10.0. The largest absolute Gasteiger partial charge is 0.397 e. The number of nitrogen functional groups attached to an aromatic ring is 1. The summed E-state index contributed by atoms with van der Waals surface area (Å²) in [5.74, 6) is 0.00464. The number of thiophene rings is 1. The fourth-order valence-electron chi connectivity index (χ4n) is 2.79. The number of nitrogens with zero attached hydrogens (tertiary/aromatic N) is 2. The van der Waals surface area contributed by atoms with E-state index in [4.69, 9.17) is 10.7 Å². The van der Waals surface area contributed by atoms with Gasteiger partial charge in [0, 0.05) is 24.2 Å². The minimum Gasteiger partial charge on any atom is -0.397 e. The average molecular weight is 303 g/mol. The number of aromatic nitrogens is 1. The highest BCUT2D eigenvalue weighted by atomic mass is 32.1. The number of amides is 1. The van der Waals surface area contributed by atoms with Crippen LogP contribution in [0.15, 0.2) is 6.07 Å². The molecule has 0 radical (unpaired) electrons. The number of pyridine rings is 1. The Morgan fingerprint density at radius 3 is 3.00 bits per heavy atom. The Morgan fingerprint density at radius 1 is 1.52 bits per heavy atom. The van der Waals surface area contributed by atoms with Crippen LogP contribution in [0.3, 0.4) is 0 Å². The van der Waals surface area contributed by atoms with E-state index in [-0.39, 0.29) is 11.9 Å². The lowest BCUT2D eigenvalue weighted by Crippen LogP contribution is -2.34. The van der Waals surface area contributed by atoms with Crippen molar-refractivity contribution in [1.29, 1.82) is 0 Å². The van der Waals surface area contributed by atoms with E-state index in [2.05, 4.69) is 13.0 Å². The molecule has 0 saturated heterocycles. The molecule has 4 nitrogen and oxygen atoms in total. The van der Waals surface area contributed by atoms with Gasteiger partial charge in [0.1, 0.15) is 9.71 Å². The molecular weight excluding hydrogens is 282 g/mol. The molecule has 0 aliphatic heterocycles. The Kier molecular flexibility index (Phi) is 3.61. The quantitative estimate of drug-likeness (QED) is 0.947. The van der Waals surface area contributed by atoms with Crippen molar-refractivity contribution in [2.45, 2.75) is 45.6 Å². The van der Waals surface area contributed by atoms with E-state index in [1.54, 1.807) is 4.90 Å². The SMILES string of the molecule is CCC(C)N(C)C(=O)c1sc2nc3c(cc2c1N)CCC3. The molecule has 112 valence electrons. The maximum atomic E-state index is 12.6.